The molecule has 2 aromatic rings. The van der Waals surface area contributed by atoms with Gasteiger partial charge in [-0.3, -0.25) is 0 Å². The second-order valence-electron chi connectivity index (χ2n) is 5.15. The van der Waals surface area contributed by atoms with Crippen molar-refractivity contribution in [2.24, 2.45) is 0 Å². The summed E-state index contributed by atoms with van der Waals surface area (Å²) in [6.07, 6.45) is 4.18. The zero-order valence-electron chi connectivity index (χ0n) is 10.9. The third-order valence-electron chi connectivity index (χ3n) is 3.90. The van der Waals surface area contributed by atoms with Crippen LogP contribution in [-0.4, -0.2) is 9.66 Å². The summed E-state index contributed by atoms with van der Waals surface area (Å²) in [5.41, 5.74) is 5.76. The molecule has 1 saturated carbocycles. The van der Waals surface area contributed by atoms with Gasteiger partial charge in [-0.1, -0.05) is 18.9 Å². The van der Waals surface area contributed by atoms with Crippen LogP contribution in [-0.2, 0) is 0 Å². The van der Waals surface area contributed by atoms with Crippen molar-refractivity contribution in [1.82, 2.24) is 9.66 Å². The Morgan fingerprint density at radius 1 is 1.15 bits per heavy atom. The van der Waals surface area contributed by atoms with E-state index in [4.69, 9.17) is 11.6 Å². The highest BCUT2D eigenvalue weighted by molar-refractivity contribution is 5.72. The van der Waals surface area contributed by atoms with Crippen LogP contribution >= 0.6 is 0 Å². The van der Waals surface area contributed by atoms with Gasteiger partial charge < -0.3 is 11.6 Å². The lowest BCUT2D eigenvalue weighted by atomic mass is 10.1. The number of rotatable bonds is 2. The molecule has 3 rings (SSSR count). The highest BCUT2D eigenvalue weighted by Gasteiger charge is 2.27. The summed E-state index contributed by atoms with van der Waals surface area (Å²) in [6.45, 7) is 0. The molecule has 1 aromatic carbocycles. The Balaban J connectivity index is 2.13. The fourth-order valence-corrected chi connectivity index (χ4v) is 2.84. The predicted octanol–water partition coefficient (Wildman–Crippen LogP) is 2.78. The normalized spacial score (nSPS) is 15.9. The fourth-order valence-electron chi connectivity index (χ4n) is 2.84. The van der Waals surface area contributed by atoms with Crippen LogP contribution < -0.4 is 11.6 Å². The van der Waals surface area contributed by atoms with Gasteiger partial charge in [-0.2, -0.15) is 0 Å². The first-order chi connectivity index (χ1) is 9.59. The zero-order valence-corrected chi connectivity index (χ0v) is 10.9. The molecule has 1 aromatic heterocycles. The SMILES string of the molecule is Nc1c(-c2c(F)cccc2F)nc(C2CCCC2)n1N. The molecule has 1 aliphatic rings. The molecule has 1 aliphatic carbocycles. The number of anilines is 1. The Morgan fingerprint density at radius 2 is 1.75 bits per heavy atom. The first-order valence-electron chi connectivity index (χ1n) is 6.67. The Kier molecular flexibility index (Phi) is 3.08. The first kappa shape index (κ1) is 12.9. The van der Waals surface area contributed by atoms with Crippen LogP contribution in [0.15, 0.2) is 18.2 Å². The summed E-state index contributed by atoms with van der Waals surface area (Å²) in [4.78, 5) is 4.32. The molecule has 0 radical (unpaired) electrons. The van der Waals surface area contributed by atoms with Gasteiger partial charge in [0.2, 0.25) is 0 Å². The summed E-state index contributed by atoms with van der Waals surface area (Å²) in [5.74, 6) is 5.45. The minimum Gasteiger partial charge on any atom is -0.382 e. The third-order valence-corrected chi connectivity index (χ3v) is 3.90. The molecule has 4 N–H and O–H groups in total. The van der Waals surface area contributed by atoms with E-state index in [0.717, 1.165) is 25.7 Å². The monoisotopic (exact) mass is 278 g/mol. The van der Waals surface area contributed by atoms with Crippen molar-refractivity contribution in [2.45, 2.75) is 31.6 Å². The molecule has 0 spiro atoms. The van der Waals surface area contributed by atoms with Crippen LogP contribution in [0.3, 0.4) is 0 Å². The molecule has 106 valence electrons. The van der Waals surface area contributed by atoms with Crippen molar-refractivity contribution in [3.8, 4) is 11.3 Å². The summed E-state index contributed by atoms with van der Waals surface area (Å²) >= 11 is 0. The van der Waals surface area contributed by atoms with Crippen LogP contribution in [0.1, 0.15) is 37.4 Å². The minimum atomic E-state index is -0.687. The van der Waals surface area contributed by atoms with Crippen molar-refractivity contribution in [3.05, 3.63) is 35.7 Å². The van der Waals surface area contributed by atoms with Crippen molar-refractivity contribution in [3.63, 3.8) is 0 Å². The summed E-state index contributed by atoms with van der Waals surface area (Å²) in [5, 5.41) is 0. The number of imidazole rings is 1. The lowest BCUT2D eigenvalue weighted by molar-refractivity contribution is 0.588. The van der Waals surface area contributed by atoms with Crippen LogP contribution in [0.2, 0.25) is 0 Å². The smallest absolute Gasteiger partial charge is 0.151 e. The minimum absolute atomic E-state index is 0.0880. The molecule has 4 nitrogen and oxygen atoms in total. The molecule has 1 heterocycles. The molecule has 20 heavy (non-hydrogen) atoms. The molecular weight excluding hydrogens is 262 g/mol. The second kappa shape index (κ2) is 4.77. The summed E-state index contributed by atoms with van der Waals surface area (Å²) < 4.78 is 29.0. The van der Waals surface area contributed by atoms with E-state index in [1.165, 1.54) is 22.9 Å². The van der Waals surface area contributed by atoms with E-state index in [9.17, 15) is 8.78 Å². The van der Waals surface area contributed by atoms with Gasteiger partial charge in [0.1, 0.15) is 23.2 Å². The summed E-state index contributed by atoms with van der Waals surface area (Å²) in [6, 6.07) is 3.67. The van der Waals surface area contributed by atoms with E-state index in [-0.39, 0.29) is 23.0 Å². The van der Waals surface area contributed by atoms with Crippen LogP contribution in [0.4, 0.5) is 14.6 Å². The van der Waals surface area contributed by atoms with Crippen molar-refractivity contribution < 1.29 is 8.78 Å². The van der Waals surface area contributed by atoms with E-state index in [1.807, 2.05) is 0 Å². The summed E-state index contributed by atoms with van der Waals surface area (Å²) in [7, 11) is 0. The number of hydrogen-bond acceptors (Lipinski definition) is 3. The van der Waals surface area contributed by atoms with Gasteiger partial charge in [0.25, 0.3) is 0 Å². The standard InChI is InChI=1S/C14H16F2N4/c15-9-6-3-7-10(16)11(9)12-13(17)20(18)14(19-12)8-4-1-2-5-8/h3,6-8H,1-2,4-5,17-18H2. The van der Waals surface area contributed by atoms with Gasteiger partial charge in [0.15, 0.2) is 5.82 Å². The lowest BCUT2D eigenvalue weighted by Crippen LogP contribution is -2.17. The van der Waals surface area contributed by atoms with Crippen LogP contribution in [0, 0.1) is 11.6 Å². The average molecular weight is 278 g/mol. The van der Waals surface area contributed by atoms with Crippen molar-refractivity contribution >= 4 is 5.82 Å². The maximum atomic E-state index is 13.8. The quantitative estimate of drug-likeness (QED) is 0.830. The molecule has 0 amide bonds. The van der Waals surface area contributed by atoms with E-state index < -0.39 is 11.6 Å². The second-order valence-corrected chi connectivity index (χ2v) is 5.15. The van der Waals surface area contributed by atoms with E-state index in [0.29, 0.717) is 5.82 Å². The lowest BCUT2D eigenvalue weighted by Gasteiger charge is -2.08. The molecular formula is C14H16F2N4. The fraction of sp³-hybridized carbons (Fsp3) is 0.357. The Morgan fingerprint density at radius 3 is 2.35 bits per heavy atom. The maximum Gasteiger partial charge on any atom is 0.151 e. The molecule has 0 saturated heterocycles. The molecule has 0 aliphatic heterocycles. The number of nitrogens with zero attached hydrogens (tertiary/aromatic N) is 2. The van der Waals surface area contributed by atoms with Crippen molar-refractivity contribution in [2.75, 3.05) is 11.6 Å². The molecule has 1 fully saturated rings. The van der Waals surface area contributed by atoms with E-state index >= 15 is 0 Å². The van der Waals surface area contributed by atoms with Gasteiger partial charge in [0, 0.05) is 5.92 Å². The highest BCUT2D eigenvalue weighted by atomic mass is 19.1. The molecule has 0 atom stereocenters. The van der Waals surface area contributed by atoms with E-state index in [1.54, 1.807) is 0 Å². The number of benzene rings is 1. The zero-order chi connectivity index (χ0) is 14.3. The maximum absolute atomic E-state index is 13.8. The number of aromatic nitrogens is 2. The molecule has 0 bridgehead atoms. The van der Waals surface area contributed by atoms with Gasteiger partial charge in [0.05, 0.1) is 5.56 Å². The number of hydrogen-bond donors (Lipinski definition) is 2. The molecule has 6 heteroatoms. The molecule has 0 unspecified atom stereocenters. The Labute approximate surface area is 115 Å². The predicted molar refractivity (Wildman–Crippen MR) is 73.4 cm³/mol. The van der Waals surface area contributed by atoms with E-state index in [2.05, 4.69) is 4.98 Å². The number of halogens is 2. The highest BCUT2D eigenvalue weighted by Crippen LogP contribution is 2.37. The topological polar surface area (TPSA) is 69.9 Å². The Bertz CT molecular complexity index is 625. The van der Waals surface area contributed by atoms with Gasteiger partial charge in [-0.05, 0) is 25.0 Å². The van der Waals surface area contributed by atoms with Gasteiger partial charge in [-0.15, -0.1) is 0 Å². The average Bonchev–Trinajstić information content (AvgIpc) is 3.02. The number of nitrogens with two attached hydrogens (primary N) is 2. The van der Waals surface area contributed by atoms with Gasteiger partial charge >= 0.3 is 0 Å². The Hall–Kier alpha value is -2.11. The van der Waals surface area contributed by atoms with Gasteiger partial charge in [-0.25, -0.2) is 18.4 Å². The van der Waals surface area contributed by atoms with Crippen molar-refractivity contribution in [1.29, 1.82) is 0 Å². The van der Waals surface area contributed by atoms with Crippen LogP contribution in [0.25, 0.3) is 11.3 Å². The third kappa shape index (κ3) is 1.92. The van der Waals surface area contributed by atoms with Crippen LogP contribution in [0.5, 0.6) is 0 Å². The largest absolute Gasteiger partial charge is 0.382 e. The number of nitrogen functional groups attached to an aromatic ring is 2. The first-order valence-corrected chi connectivity index (χ1v) is 6.67.